The summed E-state index contributed by atoms with van der Waals surface area (Å²) in [6, 6.07) is 17.7. The number of nitrogens with zero attached hydrogens (tertiary/aromatic N) is 4. The molecule has 9 nitrogen and oxygen atoms in total. The maximum atomic E-state index is 13.2. The van der Waals surface area contributed by atoms with Gasteiger partial charge in [0.05, 0.1) is 38.9 Å². The topological polar surface area (TPSA) is 99.9 Å². The van der Waals surface area contributed by atoms with Crippen molar-refractivity contribution in [1.82, 2.24) is 20.2 Å². The van der Waals surface area contributed by atoms with E-state index in [1.807, 2.05) is 30.3 Å². The molecule has 0 bridgehead atoms. The van der Waals surface area contributed by atoms with Crippen molar-refractivity contribution in [2.24, 2.45) is 5.10 Å². The van der Waals surface area contributed by atoms with E-state index in [4.69, 9.17) is 14.2 Å². The Hall–Kier alpha value is -4.52. The van der Waals surface area contributed by atoms with Gasteiger partial charge in [0.15, 0.2) is 22.5 Å². The molecule has 1 aromatic heterocycles. The number of hydrogen-bond donors (Lipinski definition) is 1. The standard InChI is InChI=1S/C27H24F3N5O4S/c1-37-21-13-18(14-22(38-2)24(21)39-3)25-33-34-26(35(25)19-10-5-4-6-11-19)40-16-23(36)32-31-15-17-9-7-8-12-20(17)27(28,29)30/h4-15H,16H2,1-3H3,(H,32,36). The highest BCUT2D eigenvalue weighted by Gasteiger charge is 2.32. The number of benzene rings is 3. The van der Waals surface area contributed by atoms with E-state index in [9.17, 15) is 18.0 Å². The number of hydrazone groups is 1. The average Bonchev–Trinajstić information content (AvgIpc) is 3.39. The first-order valence-electron chi connectivity index (χ1n) is 11.7. The van der Waals surface area contributed by atoms with E-state index in [0.717, 1.165) is 29.7 Å². The summed E-state index contributed by atoms with van der Waals surface area (Å²) in [6.07, 6.45) is -3.58. The van der Waals surface area contributed by atoms with Crippen LogP contribution in [-0.2, 0) is 11.0 Å². The van der Waals surface area contributed by atoms with Gasteiger partial charge in [0.25, 0.3) is 5.91 Å². The van der Waals surface area contributed by atoms with Crippen LogP contribution in [0.1, 0.15) is 11.1 Å². The number of nitrogens with one attached hydrogen (secondary N) is 1. The van der Waals surface area contributed by atoms with Gasteiger partial charge in [0.2, 0.25) is 5.75 Å². The van der Waals surface area contributed by atoms with Crippen LogP contribution in [0.15, 0.2) is 77.0 Å². The van der Waals surface area contributed by atoms with E-state index in [-0.39, 0.29) is 11.3 Å². The van der Waals surface area contributed by atoms with E-state index in [2.05, 4.69) is 20.7 Å². The van der Waals surface area contributed by atoms with Crippen LogP contribution < -0.4 is 19.6 Å². The van der Waals surface area contributed by atoms with Gasteiger partial charge >= 0.3 is 6.18 Å². The molecule has 1 amide bonds. The number of methoxy groups -OCH3 is 3. The second-order valence-electron chi connectivity index (χ2n) is 8.06. The monoisotopic (exact) mass is 571 g/mol. The van der Waals surface area contributed by atoms with E-state index in [0.29, 0.717) is 33.8 Å². The number of ether oxygens (including phenoxy) is 3. The molecule has 208 valence electrons. The number of aromatic nitrogens is 3. The molecule has 40 heavy (non-hydrogen) atoms. The van der Waals surface area contributed by atoms with Gasteiger partial charge in [-0.15, -0.1) is 10.2 Å². The number of thioether (sulfide) groups is 1. The van der Waals surface area contributed by atoms with Crippen molar-refractivity contribution in [3.05, 3.63) is 77.9 Å². The van der Waals surface area contributed by atoms with Crippen molar-refractivity contribution in [2.75, 3.05) is 27.1 Å². The van der Waals surface area contributed by atoms with Crippen molar-refractivity contribution in [3.8, 4) is 34.3 Å². The van der Waals surface area contributed by atoms with Crippen LogP contribution >= 0.6 is 11.8 Å². The summed E-state index contributed by atoms with van der Waals surface area (Å²) < 4.78 is 57.7. The lowest BCUT2D eigenvalue weighted by Gasteiger charge is -2.15. The second-order valence-corrected chi connectivity index (χ2v) is 9.00. The lowest BCUT2D eigenvalue weighted by atomic mass is 10.1. The summed E-state index contributed by atoms with van der Waals surface area (Å²) in [6.45, 7) is 0. The van der Waals surface area contributed by atoms with Gasteiger partial charge in [-0.3, -0.25) is 9.36 Å². The third-order valence-electron chi connectivity index (χ3n) is 5.56. The molecule has 0 aliphatic carbocycles. The van der Waals surface area contributed by atoms with Gasteiger partial charge in [-0.1, -0.05) is 48.2 Å². The molecule has 0 spiro atoms. The van der Waals surface area contributed by atoms with Gasteiger partial charge in [0.1, 0.15) is 0 Å². The summed E-state index contributed by atoms with van der Waals surface area (Å²) in [5.41, 5.74) is 2.60. The normalized spacial score (nSPS) is 11.4. The Morgan fingerprint density at radius 3 is 2.25 bits per heavy atom. The Morgan fingerprint density at radius 2 is 1.62 bits per heavy atom. The number of para-hydroxylation sites is 1. The fourth-order valence-electron chi connectivity index (χ4n) is 3.77. The van der Waals surface area contributed by atoms with Crippen LogP contribution in [0.25, 0.3) is 17.1 Å². The molecule has 0 saturated heterocycles. The molecule has 0 saturated carbocycles. The number of halogens is 3. The van der Waals surface area contributed by atoms with Crippen molar-refractivity contribution >= 4 is 23.9 Å². The summed E-state index contributed by atoms with van der Waals surface area (Å²) in [7, 11) is 4.52. The molecule has 0 fully saturated rings. The molecule has 1 heterocycles. The zero-order valence-electron chi connectivity index (χ0n) is 21.6. The van der Waals surface area contributed by atoms with E-state index < -0.39 is 17.6 Å². The second kappa shape index (κ2) is 12.6. The van der Waals surface area contributed by atoms with Crippen LogP contribution in [0.5, 0.6) is 17.2 Å². The third-order valence-corrected chi connectivity index (χ3v) is 6.49. The maximum Gasteiger partial charge on any atom is 0.417 e. The summed E-state index contributed by atoms with van der Waals surface area (Å²) in [5.74, 6) is 1.07. The quantitative estimate of drug-likeness (QED) is 0.158. The third kappa shape index (κ3) is 6.37. The highest BCUT2D eigenvalue weighted by atomic mass is 32.2. The molecule has 1 N–H and O–H groups in total. The number of hydrogen-bond acceptors (Lipinski definition) is 8. The first-order chi connectivity index (χ1) is 19.3. The zero-order valence-corrected chi connectivity index (χ0v) is 22.4. The maximum absolute atomic E-state index is 13.2. The zero-order chi connectivity index (χ0) is 28.7. The van der Waals surface area contributed by atoms with Gasteiger partial charge in [-0.2, -0.15) is 18.3 Å². The number of carbonyl (C=O) groups excluding carboxylic acids is 1. The molecule has 0 unspecified atom stereocenters. The minimum absolute atomic E-state index is 0.127. The predicted octanol–water partition coefficient (Wildman–Crippen LogP) is 5.22. The molecule has 4 aromatic rings. The molecular formula is C27H24F3N5O4S. The van der Waals surface area contributed by atoms with Crippen molar-refractivity contribution in [3.63, 3.8) is 0 Å². The van der Waals surface area contributed by atoms with Crippen LogP contribution in [0.3, 0.4) is 0 Å². The number of carbonyl (C=O) groups is 1. The van der Waals surface area contributed by atoms with E-state index >= 15 is 0 Å². The number of rotatable bonds is 10. The smallest absolute Gasteiger partial charge is 0.417 e. The highest BCUT2D eigenvalue weighted by molar-refractivity contribution is 7.99. The molecule has 4 rings (SSSR count). The van der Waals surface area contributed by atoms with E-state index in [1.165, 1.54) is 39.5 Å². The molecule has 13 heteroatoms. The van der Waals surface area contributed by atoms with Crippen LogP contribution in [0.4, 0.5) is 13.2 Å². The van der Waals surface area contributed by atoms with Gasteiger partial charge in [-0.25, -0.2) is 5.43 Å². The first-order valence-corrected chi connectivity index (χ1v) is 12.7. The summed E-state index contributed by atoms with van der Waals surface area (Å²) in [4.78, 5) is 12.5. The Kier molecular flexibility index (Phi) is 8.94. The van der Waals surface area contributed by atoms with Crippen molar-refractivity contribution in [2.45, 2.75) is 11.3 Å². The van der Waals surface area contributed by atoms with Gasteiger partial charge in [0, 0.05) is 16.8 Å². The lowest BCUT2D eigenvalue weighted by Crippen LogP contribution is -2.20. The van der Waals surface area contributed by atoms with Crippen LogP contribution in [-0.4, -0.2) is 54.0 Å². The minimum atomic E-state index is -4.54. The molecule has 3 aromatic carbocycles. The van der Waals surface area contributed by atoms with Crippen molar-refractivity contribution in [1.29, 1.82) is 0 Å². The summed E-state index contributed by atoms with van der Waals surface area (Å²) >= 11 is 1.08. The Balaban J connectivity index is 1.58. The van der Waals surface area contributed by atoms with Gasteiger partial charge in [-0.05, 0) is 30.3 Å². The highest BCUT2D eigenvalue weighted by Crippen LogP contribution is 2.41. The predicted molar refractivity (Wildman–Crippen MR) is 144 cm³/mol. The van der Waals surface area contributed by atoms with E-state index in [1.54, 1.807) is 16.7 Å². The lowest BCUT2D eigenvalue weighted by molar-refractivity contribution is -0.137. The molecule has 0 radical (unpaired) electrons. The minimum Gasteiger partial charge on any atom is -0.493 e. The molecule has 0 atom stereocenters. The van der Waals surface area contributed by atoms with Crippen LogP contribution in [0.2, 0.25) is 0 Å². The molecule has 0 aliphatic rings. The Morgan fingerprint density at radius 1 is 0.975 bits per heavy atom. The van der Waals surface area contributed by atoms with Crippen LogP contribution in [0, 0.1) is 0 Å². The molecular weight excluding hydrogens is 547 g/mol. The number of alkyl halides is 3. The fraction of sp³-hybridized carbons (Fsp3) is 0.185. The summed E-state index contributed by atoms with van der Waals surface area (Å²) in [5, 5.41) is 12.7. The largest absolute Gasteiger partial charge is 0.493 e. The number of amides is 1. The SMILES string of the molecule is COc1cc(-c2nnc(SCC(=O)NN=Cc3ccccc3C(F)(F)F)n2-c2ccccc2)cc(OC)c1OC. The fourth-order valence-corrected chi connectivity index (χ4v) is 4.52. The average molecular weight is 572 g/mol. The Bertz CT molecular complexity index is 1480. The molecule has 0 aliphatic heterocycles. The van der Waals surface area contributed by atoms with Crippen molar-refractivity contribution < 1.29 is 32.2 Å². The van der Waals surface area contributed by atoms with Gasteiger partial charge < -0.3 is 14.2 Å². The Labute approximate surface area is 232 Å². The first kappa shape index (κ1) is 28.5.